The zero-order valence-electron chi connectivity index (χ0n) is 10.0. The summed E-state index contributed by atoms with van der Waals surface area (Å²) in [5.74, 6) is -1.01. The van der Waals surface area contributed by atoms with E-state index in [1.165, 1.54) is 12.3 Å². The second kappa shape index (κ2) is 5.72. The van der Waals surface area contributed by atoms with Crippen LogP contribution >= 0.6 is 0 Å². The van der Waals surface area contributed by atoms with Crippen LogP contribution in [0.2, 0.25) is 0 Å². The Hall–Kier alpha value is -1.76. The van der Waals surface area contributed by atoms with E-state index in [9.17, 15) is 13.2 Å². The van der Waals surface area contributed by atoms with Gasteiger partial charge in [0.05, 0.1) is 22.7 Å². The molecule has 0 radical (unpaired) electrons. The fraction of sp³-hybridized carbons (Fsp3) is 0.364. The van der Waals surface area contributed by atoms with Crippen molar-refractivity contribution in [1.82, 2.24) is 0 Å². The van der Waals surface area contributed by atoms with E-state index >= 15 is 0 Å². The van der Waals surface area contributed by atoms with Crippen LogP contribution in [0.25, 0.3) is 0 Å². The molecule has 100 valence electrons. The monoisotopic (exact) mass is 272 g/mol. The number of nitrogens with one attached hydrogen (secondary N) is 1. The number of nitrogen functional groups attached to an aromatic ring is 1. The molecule has 0 saturated heterocycles. The Morgan fingerprint density at radius 1 is 1.44 bits per heavy atom. The number of aromatic carboxylic acids is 1. The van der Waals surface area contributed by atoms with Crippen LogP contribution < -0.4 is 11.1 Å². The summed E-state index contributed by atoms with van der Waals surface area (Å²) in [5.41, 5.74) is 6.38. The first-order chi connectivity index (χ1) is 8.31. The summed E-state index contributed by atoms with van der Waals surface area (Å²) >= 11 is 0. The average Bonchev–Trinajstić information content (AvgIpc) is 2.24. The van der Waals surface area contributed by atoms with E-state index in [4.69, 9.17) is 10.8 Å². The lowest BCUT2D eigenvalue weighted by Crippen LogP contribution is -2.12. The van der Waals surface area contributed by atoms with Crippen molar-refractivity contribution >= 4 is 27.2 Å². The van der Waals surface area contributed by atoms with Gasteiger partial charge in [0.2, 0.25) is 0 Å². The molecule has 1 aromatic rings. The standard InChI is InChI=1S/C11H16N2O4S/c1-18(16,17)7-3-6-13-9-5-2-4-8(10(9)12)11(14)15/h2,4-5,13H,3,6-7,12H2,1H3,(H,14,15). The molecule has 0 aliphatic rings. The average molecular weight is 272 g/mol. The van der Waals surface area contributed by atoms with Gasteiger partial charge in [-0.1, -0.05) is 6.07 Å². The van der Waals surface area contributed by atoms with Gasteiger partial charge in [-0.05, 0) is 18.6 Å². The molecule has 0 amide bonds. The number of benzene rings is 1. The molecule has 0 atom stereocenters. The molecule has 0 unspecified atom stereocenters. The number of hydrogen-bond donors (Lipinski definition) is 3. The maximum absolute atomic E-state index is 10.9. The highest BCUT2D eigenvalue weighted by Crippen LogP contribution is 2.22. The summed E-state index contributed by atoms with van der Waals surface area (Å²) in [7, 11) is -2.98. The van der Waals surface area contributed by atoms with Crippen LogP contribution in [0, 0.1) is 0 Å². The Bertz CT molecular complexity index is 540. The zero-order chi connectivity index (χ0) is 13.8. The van der Waals surface area contributed by atoms with Gasteiger partial charge >= 0.3 is 5.97 Å². The minimum Gasteiger partial charge on any atom is -0.478 e. The number of sulfone groups is 1. The van der Waals surface area contributed by atoms with Crippen LogP contribution in [0.4, 0.5) is 11.4 Å². The Morgan fingerprint density at radius 3 is 2.67 bits per heavy atom. The number of hydrogen-bond acceptors (Lipinski definition) is 5. The second-order valence-corrected chi connectivity index (χ2v) is 6.24. The van der Waals surface area contributed by atoms with Crippen molar-refractivity contribution in [2.75, 3.05) is 29.6 Å². The molecule has 0 heterocycles. The predicted octanol–water partition coefficient (Wildman–Crippen LogP) is 0.814. The van der Waals surface area contributed by atoms with Crippen LogP contribution in [-0.4, -0.2) is 38.0 Å². The van der Waals surface area contributed by atoms with E-state index < -0.39 is 15.8 Å². The van der Waals surface area contributed by atoms with Gasteiger partial charge in [-0.3, -0.25) is 0 Å². The van der Waals surface area contributed by atoms with Gasteiger partial charge in [0.1, 0.15) is 9.84 Å². The minimum atomic E-state index is -2.98. The summed E-state index contributed by atoms with van der Waals surface area (Å²) in [6.07, 6.45) is 1.61. The number of rotatable bonds is 6. The fourth-order valence-electron chi connectivity index (χ4n) is 1.46. The predicted molar refractivity (Wildman–Crippen MR) is 70.6 cm³/mol. The molecule has 6 nitrogen and oxygen atoms in total. The lowest BCUT2D eigenvalue weighted by Gasteiger charge is -2.10. The van der Waals surface area contributed by atoms with Gasteiger partial charge in [0.25, 0.3) is 0 Å². The van der Waals surface area contributed by atoms with Crippen molar-refractivity contribution in [2.24, 2.45) is 0 Å². The molecule has 0 aliphatic heterocycles. The molecular formula is C11H16N2O4S. The molecule has 4 N–H and O–H groups in total. The molecule has 0 fully saturated rings. The largest absolute Gasteiger partial charge is 0.478 e. The van der Waals surface area contributed by atoms with Crippen molar-refractivity contribution in [3.8, 4) is 0 Å². The Morgan fingerprint density at radius 2 is 2.11 bits per heavy atom. The van der Waals surface area contributed by atoms with Gasteiger partial charge < -0.3 is 16.2 Å². The summed E-state index contributed by atoms with van der Waals surface area (Å²) in [4.78, 5) is 10.8. The van der Waals surface area contributed by atoms with Gasteiger partial charge in [-0.25, -0.2) is 13.2 Å². The third-order valence-corrected chi connectivity index (χ3v) is 3.37. The van der Waals surface area contributed by atoms with E-state index in [0.717, 1.165) is 0 Å². The molecule has 0 bridgehead atoms. The van der Waals surface area contributed by atoms with Crippen molar-refractivity contribution in [3.05, 3.63) is 23.8 Å². The normalized spacial score (nSPS) is 11.2. The van der Waals surface area contributed by atoms with Crippen LogP contribution in [-0.2, 0) is 9.84 Å². The van der Waals surface area contributed by atoms with Crippen molar-refractivity contribution < 1.29 is 18.3 Å². The van der Waals surface area contributed by atoms with Crippen molar-refractivity contribution in [2.45, 2.75) is 6.42 Å². The zero-order valence-corrected chi connectivity index (χ0v) is 10.8. The van der Waals surface area contributed by atoms with E-state index in [0.29, 0.717) is 18.7 Å². The number of nitrogens with two attached hydrogens (primary N) is 1. The Kier molecular flexibility index (Phi) is 4.55. The highest BCUT2D eigenvalue weighted by atomic mass is 32.2. The number of carboxylic acid groups (broad SMARTS) is 1. The smallest absolute Gasteiger partial charge is 0.337 e. The first kappa shape index (κ1) is 14.3. The molecule has 0 saturated carbocycles. The van der Waals surface area contributed by atoms with Gasteiger partial charge in [0, 0.05) is 12.8 Å². The molecule has 18 heavy (non-hydrogen) atoms. The molecule has 7 heteroatoms. The Balaban J connectivity index is 2.63. The van der Waals surface area contributed by atoms with Crippen LogP contribution in [0.3, 0.4) is 0 Å². The third-order valence-electron chi connectivity index (χ3n) is 2.34. The highest BCUT2D eigenvalue weighted by Gasteiger charge is 2.10. The van der Waals surface area contributed by atoms with Gasteiger partial charge in [0.15, 0.2) is 0 Å². The minimum absolute atomic E-state index is 0.0307. The number of carboxylic acids is 1. The molecule has 0 spiro atoms. The SMILES string of the molecule is CS(=O)(=O)CCCNc1cccc(C(=O)O)c1N. The number of para-hydroxylation sites is 1. The topological polar surface area (TPSA) is 109 Å². The van der Waals surface area contributed by atoms with Crippen LogP contribution in [0.5, 0.6) is 0 Å². The summed E-state index contributed by atoms with van der Waals surface area (Å²) in [6, 6.07) is 4.65. The van der Waals surface area contributed by atoms with Crippen LogP contribution in [0.1, 0.15) is 16.8 Å². The van der Waals surface area contributed by atoms with Gasteiger partial charge in [-0.2, -0.15) is 0 Å². The maximum atomic E-state index is 10.9. The van der Waals surface area contributed by atoms with E-state index in [1.807, 2.05) is 0 Å². The molecule has 1 rings (SSSR count). The molecule has 0 aliphatic carbocycles. The second-order valence-electron chi connectivity index (χ2n) is 3.98. The van der Waals surface area contributed by atoms with E-state index in [1.54, 1.807) is 12.1 Å². The van der Waals surface area contributed by atoms with E-state index in [-0.39, 0.29) is 17.0 Å². The quantitative estimate of drug-likeness (QED) is 0.522. The maximum Gasteiger partial charge on any atom is 0.337 e. The lowest BCUT2D eigenvalue weighted by molar-refractivity contribution is 0.0698. The number of carbonyl (C=O) groups is 1. The Labute approximate surface area is 106 Å². The highest BCUT2D eigenvalue weighted by molar-refractivity contribution is 7.90. The first-order valence-corrected chi connectivity index (χ1v) is 7.40. The first-order valence-electron chi connectivity index (χ1n) is 5.34. The van der Waals surface area contributed by atoms with Crippen molar-refractivity contribution in [1.29, 1.82) is 0 Å². The van der Waals surface area contributed by atoms with Crippen molar-refractivity contribution in [3.63, 3.8) is 0 Å². The molecule has 1 aromatic carbocycles. The fourth-order valence-corrected chi connectivity index (χ4v) is 2.13. The summed E-state index contributed by atoms with van der Waals surface area (Å²) < 4.78 is 21.8. The molecular weight excluding hydrogens is 256 g/mol. The molecule has 0 aromatic heterocycles. The summed E-state index contributed by atoms with van der Waals surface area (Å²) in [6.45, 7) is 0.417. The number of anilines is 2. The lowest BCUT2D eigenvalue weighted by atomic mass is 10.1. The summed E-state index contributed by atoms with van der Waals surface area (Å²) in [5, 5.41) is 11.8. The van der Waals surface area contributed by atoms with E-state index in [2.05, 4.69) is 5.32 Å². The van der Waals surface area contributed by atoms with Crippen LogP contribution in [0.15, 0.2) is 18.2 Å². The third kappa shape index (κ3) is 4.25. The van der Waals surface area contributed by atoms with Gasteiger partial charge in [-0.15, -0.1) is 0 Å².